The van der Waals surface area contributed by atoms with Crippen molar-refractivity contribution >= 4 is 5.78 Å². The lowest BCUT2D eigenvalue weighted by Gasteiger charge is -2.34. The zero-order valence-electron chi connectivity index (χ0n) is 14.8. The molecule has 0 saturated heterocycles. The molecule has 4 rings (SSSR count). The van der Waals surface area contributed by atoms with Gasteiger partial charge in [0, 0.05) is 24.5 Å². The molecule has 0 radical (unpaired) electrons. The molecule has 5 heteroatoms. The monoisotopic (exact) mass is 336 g/mol. The van der Waals surface area contributed by atoms with E-state index in [2.05, 4.69) is 44.8 Å². The van der Waals surface area contributed by atoms with E-state index in [0.29, 0.717) is 13.1 Å². The standard InChI is InChI=1S/C20H24N4O/c1-14-10-15(2)24-17(12-22-19(24)23-14)11-21-13-20(25)9-5-7-16-6-3-4-8-18(16)20/h3-4,6,8,10,12,21,25H,5,7,9,11,13H2,1-2H3. The van der Waals surface area contributed by atoms with Crippen LogP contribution in [0.25, 0.3) is 5.78 Å². The average Bonchev–Trinajstić information content (AvgIpc) is 2.98. The van der Waals surface area contributed by atoms with Gasteiger partial charge in [-0.3, -0.25) is 4.40 Å². The Kier molecular flexibility index (Phi) is 4.06. The number of hydrogen-bond acceptors (Lipinski definition) is 4. The summed E-state index contributed by atoms with van der Waals surface area (Å²) in [6, 6.07) is 10.3. The van der Waals surface area contributed by atoms with Gasteiger partial charge in [0.15, 0.2) is 0 Å². The molecule has 2 heterocycles. The lowest BCUT2D eigenvalue weighted by atomic mass is 9.79. The van der Waals surface area contributed by atoms with Crippen molar-refractivity contribution in [1.29, 1.82) is 0 Å². The van der Waals surface area contributed by atoms with Gasteiger partial charge in [0.1, 0.15) is 5.60 Å². The molecule has 0 spiro atoms. The molecular formula is C20H24N4O. The van der Waals surface area contributed by atoms with Crippen LogP contribution in [0.5, 0.6) is 0 Å². The predicted octanol–water partition coefficient (Wildman–Crippen LogP) is 2.66. The summed E-state index contributed by atoms with van der Waals surface area (Å²) in [4.78, 5) is 8.88. The van der Waals surface area contributed by atoms with Gasteiger partial charge in [0.25, 0.3) is 0 Å². The second kappa shape index (κ2) is 6.24. The van der Waals surface area contributed by atoms with Crippen LogP contribution in [0.4, 0.5) is 0 Å². The van der Waals surface area contributed by atoms with Gasteiger partial charge in [-0.2, -0.15) is 0 Å². The summed E-state index contributed by atoms with van der Waals surface area (Å²) >= 11 is 0. The first-order valence-corrected chi connectivity index (χ1v) is 8.89. The second-order valence-electron chi connectivity index (χ2n) is 7.07. The number of fused-ring (bicyclic) bond motifs is 2. The molecule has 1 unspecified atom stereocenters. The second-order valence-corrected chi connectivity index (χ2v) is 7.07. The van der Waals surface area contributed by atoms with Crippen LogP contribution in [-0.2, 0) is 18.6 Å². The van der Waals surface area contributed by atoms with Gasteiger partial charge in [-0.05, 0) is 50.3 Å². The summed E-state index contributed by atoms with van der Waals surface area (Å²) in [5.74, 6) is 0.732. The van der Waals surface area contributed by atoms with Gasteiger partial charge in [0.05, 0.1) is 11.9 Å². The zero-order valence-corrected chi connectivity index (χ0v) is 14.8. The SMILES string of the molecule is Cc1cc(C)n2c(CNCC3(O)CCCc4ccccc43)cnc2n1. The third-order valence-electron chi connectivity index (χ3n) is 5.14. The highest BCUT2D eigenvalue weighted by Crippen LogP contribution is 2.34. The van der Waals surface area contributed by atoms with Crippen molar-refractivity contribution in [2.75, 3.05) is 6.54 Å². The number of nitrogens with zero attached hydrogens (tertiary/aromatic N) is 3. The third-order valence-corrected chi connectivity index (χ3v) is 5.14. The van der Waals surface area contributed by atoms with E-state index in [4.69, 9.17) is 0 Å². The Morgan fingerprint density at radius 2 is 2.12 bits per heavy atom. The molecule has 1 aromatic carbocycles. The van der Waals surface area contributed by atoms with E-state index in [1.54, 1.807) is 0 Å². The van der Waals surface area contributed by atoms with Crippen molar-refractivity contribution in [2.45, 2.75) is 45.3 Å². The van der Waals surface area contributed by atoms with Crippen LogP contribution in [0.15, 0.2) is 36.5 Å². The molecule has 0 fully saturated rings. The number of imidazole rings is 1. The lowest BCUT2D eigenvalue weighted by molar-refractivity contribution is 0.0189. The van der Waals surface area contributed by atoms with E-state index < -0.39 is 5.60 Å². The van der Waals surface area contributed by atoms with Crippen molar-refractivity contribution < 1.29 is 5.11 Å². The first kappa shape index (κ1) is 16.2. The highest BCUT2D eigenvalue weighted by atomic mass is 16.3. The lowest BCUT2D eigenvalue weighted by Crippen LogP contribution is -2.40. The Morgan fingerprint density at radius 3 is 3.00 bits per heavy atom. The summed E-state index contributed by atoms with van der Waals surface area (Å²) in [7, 11) is 0. The number of benzene rings is 1. The summed E-state index contributed by atoms with van der Waals surface area (Å²) in [5, 5.41) is 14.6. The fourth-order valence-electron chi connectivity index (χ4n) is 4.00. The number of rotatable bonds is 4. The number of aliphatic hydroxyl groups is 1. The van der Waals surface area contributed by atoms with E-state index in [1.807, 2.05) is 25.3 Å². The highest BCUT2D eigenvalue weighted by molar-refractivity contribution is 5.36. The van der Waals surface area contributed by atoms with E-state index in [9.17, 15) is 5.11 Å². The van der Waals surface area contributed by atoms with Crippen LogP contribution in [0, 0.1) is 13.8 Å². The van der Waals surface area contributed by atoms with Gasteiger partial charge in [-0.15, -0.1) is 0 Å². The maximum Gasteiger partial charge on any atom is 0.234 e. The predicted molar refractivity (Wildman–Crippen MR) is 97.4 cm³/mol. The Morgan fingerprint density at radius 1 is 1.28 bits per heavy atom. The Labute approximate surface area is 147 Å². The van der Waals surface area contributed by atoms with Crippen molar-refractivity contribution in [3.8, 4) is 0 Å². The van der Waals surface area contributed by atoms with Gasteiger partial charge < -0.3 is 10.4 Å². The normalized spacial score (nSPS) is 20.0. The maximum atomic E-state index is 11.2. The van der Waals surface area contributed by atoms with Gasteiger partial charge in [0.2, 0.25) is 5.78 Å². The minimum Gasteiger partial charge on any atom is -0.384 e. The molecular weight excluding hydrogens is 312 g/mol. The molecule has 0 saturated carbocycles. The maximum absolute atomic E-state index is 11.2. The molecule has 3 aromatic rings. The van der Waals surface area contributed by atoms with Gasteiger partial charge in [-0.1, -0.05) is 24.3 Å². The van der Waals surface area contributed by atoms with E-state index in [1.165, 1.54) is 5.56 Å². The smallest absolute Gasteiger partial charge is 0.234 e. The van der Waals surface area contributed by atoms with Crippen LogP contribution < -0.4 is 5.32 Å². The average molecular weight is 336 g/mol. The van der Waals surface area contributed by atoms with Gasteiger partial charge in [-0.25, -0.2) is 9.97 Å². The molecule has 25 heavy (non-hydrogen) atoms. The summed E-state index contributed by atoms with van der Waals surface area (Å²) in [6.45, 7) is 5.24. The van der Waals surface area contributed by atoms with Crippen molar-refractivity contribution in [3.05, 3.63) is 64.7 Å². The Bertz CT molecular complexity index is 917. The fraction of sp³-hybridized carbons (Fsp3) is 0.400. The quantitative estimate of drug-likeness (QED) is 0.769. The minimum absolute atomic E-state index is 0.537. The number of aryl methyl sites for hydroxylation is 3. The van der Waals surface area contributed by atoms with Crippen LogP contribution in [0.3, 0.4) is 0 Å². The van der Waals surface area contributed by atoms with Crippen LogP contribution in [-0.4, -0.2) is 26.0 Å². The number of nitrogens with one attached hydrogen (secondary N) is 1. The molecule has 5 nitrogen and oxygen atoms in total. The molecule has 1 aliphatic carbocycles. The van der Waals surface area contributed by atoms with E-state index in [0.717, 1.165) is 47.7 Å². The molecule has 0 aliphatic heterocycles. The molecule has 0 amide bonds. The van der Waals surface area contributed by atoms with Crippen molar-refractivity contribution in [2.24, 2.45) is 0 Å². The summed E-state index contributed by atoms with van der Waals surface area (Å²) < 4.78 is 2.07. The fourth-order valence-corrected chi connectivity index (χ4v) is 4.00. The van der Waals surface area contributed by atoms with E-state index in [-0.39, 0.29) is 0 Å². The summed E-state index contributed by atoms with van der Waals surface area (Å²) in [6.07, 6.45) is 4.73. The first-order valence-electron chi connectivity index (χ1n) is 8.89. The van der Waals surface area contributed by atoms with Gasteiger partial charge >= 0.3 is 0 Å². The highest BCUT2D eigenvalue weighted by Gasteiger charge is 2.33. The van der Waals surface area contributed by atoms with E-state index >= 15 is 0 Å². The van der Waals surface area contributed by atoms with Crippen molar-refractivity contribution in [1.82, 2.24) is 19.7 Å². The molecule has 2 aromatic heterocycles. The van der Waals surface area contributed by atoms with Crippen LogP contribution in [0.1, 0.15) is 41.1 Å². The summed E-state index contributed by atoms with van der Waals surface area (Å²) in [5.41, 5.74) is 4.71. The first-order chi connectivity index (χ1) is 12.1. The molecule has 0 bridgehead atoms. The van der Waals surface area contributed by atoms with Crippen LogP contribution in [0.2, 0.25) is 0 Å². The molecule has 2 N–H and O–H groups in total. The molecule has 1 aliphatic rings. The van der Waals surface area contributed by atoms with Crippen molar-refractivity contribution in [3.63, 3.8) is 0 Å². The minimum atomic E-state index is -0.792. The van der Waals surface area contributed by atoms with Crippen LogP contribution >= 0.6 is 0 Å². The third kappa shape index (κ3) is 2.94. The Hall–Kier alpha value is -2.24. The Balaban J connectivity index is 1.52. The number of hydrogen-bond donors (Lipinski definition) is 2. The topological polar surface area (TPSA) is 62.5 Å². The molecule has 130 valence electrons. The largest absolute Gasteiger partial charge is 0.384 e. The number of aromatic nitrogens is 3. The zero-order chi connectivity index (χ0) is 17.4. The molecule has 1 atom stereocenters.